The lowest BCUT2D eigenvalue weighted by Gasteiger charge is -2.29. The Kier molecular flexibility index (Phi) is 6.67. The Morgan fingerprint density at radius 3 is 2.27 bits per heavy atom. The van der Waals surface area contributed by atoms with Gasteiger partial charge in [-0.3, -0.25) is 4.79 Å². The number of nitrogens with one attached hydrogen (secondary N) is 3. The molecule has 1 aliphatic rings. The SMILES string of the molecule is C[C@H](NC(=O)C[NH+]1CC[NH+](Cc2ccc(Cl)cc2)CC1)c1ccccc1. The van der Waals surface area contributed by atoms with Crippen LogP contribution in [-0.4, -0.2) is 38.6 Å². The number of halogens is 1. The molecule has 1 aliphatic heterocycles. The summed E-state index contributed by atoms with van der Waals surface area (Å²) in [5.41, 5.74) is 2.47. The lowest BCUT2D eigenvalue weighted by Crippen LogP contribution is -3.28. The maximum Gasteiger partial charge on any atom is 0.275 e. The fourth-order valence-electron chi connectivity index (χ4n) is 3.55. The maximum atomic E-state index is 12.3. The van der Waals surface area contributed by atoms with Gasteiger partial charge in [0.15, 0.2) is 6.54 Å². The number of hydrogen-bond donors (Lipinski definition) is 3. The zero-order valence-electron chi connectivity index (χ0n) is 15.3. The van der Waals surface area contributed by atoms with E-state index in [2.05, 4.69) is 29.6 Å². The maximum absolute atomic E-state index is 12.3. The van der Waals surface area contributed by atoms with E-state index in [4.69, 9.17) is 11.6 Å². The molecule has 26 heavy (non-hydrogen) atoms. The van der Waals surface area contributed by atoms with Crippen molar-refractivity contribution in [1.29, 1.82) is 0 Å². The van der Waals surface area contributed by atoms with Crippen LogP contribution in [0.5, 0.6) is 0 Å². The number of rotatable bonds is 6. The van der Waals surface area contributed by atoms with Gasteiger partial charge in [0, 0.05) is 10.6 Å². The van der Waals surface area contributed by atoms with Gasteiger partial charge in [-0.2, -0.15) is 0 Å². The molecular formula is C21H28ClN3O+2. The van der Waals surface area contributed by atoms with Crippen LogP contribution < -0.4 is 15.1 Å². The Labute approximate surface area is 160 Å². The summed E-state index contributed by atoms with van der Waals surface area (Å²) in [6.07, 6.45) is 0. The minimum Gasteiger partial charge on any atom is -0.345 e. The second-order valence-corrected chi connectivity index (χ2v) is 7.62. The average molecular weight is 374 g/mol. The molecule has 138 valence electrons. The average Bonchev–Trinajstić information content (AvgIpc) is 2.66. The van der Waals surface area contributed by atoms with Gasteiger partial charge in [-0.1, -0.05) is 54.1 Å². The molecule has 3 N–H and O–H groups in total. The van der Waals surface area contributed by atoms with Crippen LogP contribution in [0.2, 0.25) is 5.02 Å². The predicted molar refractivity (Wildman–Crippen MR) is 104 cm³/mol. The molecule has 4 nitrogen and oxygen atoms in total. The van der Waals surface area contributed by atoms with Gasteiger partial charge in [-0.05, 0) is 24.6 Å². The second kappa shape index (κ2) is 9.17. The van der Waals surface area contributed by atoms with E-state index in [1.54, 1.807) is 4.90 Å². The van der Waals surface area contributed by atoms with Crippen LogP contribution in [0.1, 0.15) is 24.1 Å². The fourth-order valence-corrected chi connectivity index (χ4v) is 3.67. The molecule has 1 fully saturated rings. The van der Waals surface area contributed by atoms with Crippen LogP contribution in [0.25, 0.3) is 0 Å². The summed E-state index contributed by atoms with van der Waals surface area (Å²) in [6, 6.07) is 18.3. The quantitative estimate of drug-likeness (QED) is 0.678. The van der Waals surface area contributed by atoms with Crippen LogP contribution in [0.15, 0.2) is 54.6 Å². The Morgan fingerprint density at radius 2 is 1.62 bits per heavy atom. The van der Waals surface area contributed by atoms with Crippen molar-refractivity contribution in [2.75, 3.05) is 32.7 Å². The Hall–Kier alpha value is -1.88. The number of benzene rings is 2. The van der Waals surface area contributed by atoms with Crippen molar-refractivity contribution >= 4 is 17.5 Å². The molecule has 0 unspecified atom stereocenters. The number of amides is 1. The van der Waals surface area contributed by atoms with E-state index < -0.39 is 0 Å². The zero-order valence-corrected chi connectivity index (χ0v) is 16.1. The molecule has 0 bridgehead atoms. The topological polar surface area (TPSA) is 38.0 Å². The molecule has 1 heterocycles. The van der Waals surface area contributed by atoms with Gasteiger partial charge >= 0.3 is 0 Å². The van der Waals surface area contributed by atoms with E-state index in [-0.39, 0.29) is 11.9 Å². The first kappa shape index (κ1) is 18.9. The monoisotopic (exact) mass is 373 g/mol. The first-order chi connectivity index (χ1) is 12.6. The highest BCUT2D eigenvalue weighted by Crippen LogP contribution is 2.10. The first-order valence-corrected chi connectivity index (χ1v) is 9.74. The molecule has 0 radical (unpaired) electrons. The Morgan fingerprint density at radius 1 is 1.00 bits per heavy atom. The van der Waals surface area contributed by atoms with Crippen molar-refractivity contribution in [3.63, 3.8) is 0 Å². The lowest BCUT2D eigenvalue weighted by atomic mass is 10.1. The molecule has 1 saturated heterocycles. The van der Waals surface area contributed by atoms with Crippen molar-refractivity contribution in [2.45, 2.75) is 19.5 Å². The molecule has 0 spiro atoms. The summed E-state index contributed by atoms with van der Waals surface area (Å²) >= 11 is 5.95. The molecule has 5 heteroatoms. The second-order valence-electron chi connectivity index (χ2n) is 7.18. The summed E-state index contributed by atoms with van der Waals surface area (Å²) in [7, 11) is 0. The highest BCUT2D eigenvalue weighted by atomic mass is 35.5. The summed E-state index contributed by atoms with van der Waals surface area (Å²) in [6.45, 7) is 7.90. The van der Waals surface area contributed by atoms with E-state index in [0.717, 1.165) is 43.3 Å². The minimum atomic E-state index is 0.0555. The summed E-state index contributed by atoms with van der Waals surface area (Å²) in [5, 5.41) is 3.91. The molecule has 0 aromatic heterocycles. The van der Waals surface area contributed by atoms with Crippen LogP contribution in [0.4, 0.5) is 0 Å². The van der Waals surface area contributed by atoms with Crippen LogP contribution in [0, 0.1) is 0 Å². The van der Waals surface area contributed by atoms with Gasteiger partial charge in [0.1, 0.15) is 32.7 Å². The van der Waals surface area contributed by atoms with Crippen molar-refractivity contribution in [3.05, 3.63) is 70.7 Å². The number of carbonyl (C=O) groups excluding carboxylic acids is 1. The lowest BCUT2D eigenvalue weighted by molar-refractivity contribution is -1.02. The Balaban J connectivity index is 1.40. The third-order valence-electron chi connectivity index (χ3n) is 5.12. The summed E-state index contributed by atoms with van der Waals surface area (Å²) < 4.78 is 0. The van der Waals surface area contributed by atoms with Gasteiger partial charge in [0.25, 0.3) is 5.91 Å². The molecule has 2 aromatic carbocycles. The van der Waals surface area contributed by atoms with Gasteiger partial charge in [-0.25, -0.2) is 0 Å². The number of hydrogen-bond acceptors (Lipinski definition) is 1. The van der Waals surface area contributed by atoms with Crippen molar-refractivity contribution in [1.82, 2.24) is 5.32 Å². The minimum absolute atomic E-state index is 0.0555. The largest absolute Gasteiger partial charge is 0.345 e. The smallest absolute Gasteiger partial charge is 0.275 e. The standard InChI is InChI=1S/C21H26ClN3O/c1-17(19-5-3-2-4-6-19)23-21(26)16-25-13-11-24(12-14-25)15-18-7-9-20(22)10-8-18/h2-10,17H,11-16H2,1H3,(H,23,26)/p+2/t17-/m0/s1. The van der Waals surface area contributed by atoms with Crippen LogP contribution in [0.3, 0.4) is 0 Å². The molecule has 0 saturated carbocycles. The van der Waals surface area contributed by atoms with Gasteiger partial charge in [0.05, 0.1) is 6.04 Å². The van der Waals surface area contributed by atoms with Gasteiger partial charge in [-0.15, -0.1) is 0 Å². The number of quaternary nitrogens is 2. The molecule has 3 rings (SSSR count). The van der Waals surface area contributed by atoms with Crippen LogP contribution in [-0.2, 0) is 11.3 Å². The third kappa shape index (κ3) is 5.56. The summed E-state index contributed by atoms with van der Waals surface area (Å²) in [5.74, 6) is 0.137. The van der Waals surface area contributed by atoms with E-state index in [1.165, 1.54) is 10.5 Å². The van der Waals surface area contributed by atoms with Gasteiger partial charge < -0.3 is 15.1 Å². The molecular weight excluding hydrogens is 346 g/mol. The van der Waals surface area contributed by atoms with E-state index in [0.29, 0.717) is 6.54 Å². The Bertz CT molecular complexity index is 697. The van der Waals surface area contributed by atoms with Crippen molar-refractivity contribution in [2.24, 2.45) is 0 Å². The molecule has 0 aliphatic carbocycles. The van der Waals surface area contributed by atoms with E-state index >= 15 is 0 Å². The predicted octanol–water partition coefficient (Wildman–Crippen LogP) is 0.501. The summed E-state index contributed by atoms with van der Waals surface area (Å²) in [4.78, 5) is 15.3. The highest BCUT2D eigenvalue weighted by molar-refractivity contribution is 6.30. The number of carbonyl (C=O) groups is 1. The molecule has 1 atom stereocenters. The fraction of sp³-hybridized carbons (Fsp3) is 0.381. The zero-order chi connectivity index (χ0) is 18.4. The molecule has 1 amide bonds. The van der Waals surface area contributed by atoms with E-state index in [9.17, 15) is 4.79 Å². The van der Waals surface area contributed by atoms with E-state index in [1.807, 2.05) is 37.3 Å². The normalized spacial score (nSPS) is 21.2. The van der Waals surface area contributed by atoms with Crippen LogP contribution >= 0.6 is 11.6 Å². The highest BCUT2D eigenvalue weighted by Gasteiger charge is 2.25. The van der Waals surface area contributed by atoms with Gasteiger partial charge in [0.2, 0.25) is 0 Å². The van der Waals surface area contributed by atoms with Crippen molar-refractivity contribution < 1.29 is 14.6 Å². The molecule has 2 aromatic rings. The number of piperazine rings is 1. The first-order valence-electron chi connectivity index (χ1n) is 9.36. The van der Waals surface area contributed by atoms with Crippen molar-refractivity contribution in [3.8, 4) is 0 Å². The third-order valence-corrected chi connectivity index (χ3v) is 5.37.